The van der Waals surface area contributed by atoms with E-state index >= 15 is 0 Å². The Balaban J connectivity index is 2.02. The Morgan fingerprint density at radius 3 is 3.11 bits per heavy atom. The molecule has 4 nitrogen and oxygen atoms in total. The first-order valence-corrected chi connectivity index (χ1v) is 6.40. The SMILES string of the molecule is CC(=O)Nc1cccc(CN2CCC[C@@H]2CO)c1. The van der Waals surface area contributed by atoms with Gasteiger partial charge in [0.15, 0.2) is 0 Å². The van der Waals surface area contributed by atoms with Gasteiger partial charge in [0.25, 0.3) is 0 Å². The lowest BCUT2D eigenvalue weighted by Crippen LogP contribution is -2.31. The second-order valence-corrected chi connectivity index (χ2v) is 4.83. The normalized spacial score (nSPS) is 20.0. The van der Waals surface area contributed by atoms with Crippen molar-refractivity contribution in [1.29, 1.82) is 0 Å². The molecule has 1 atom stereocenters. The highest BCUT2D eigenvalue weighted by Gasteiger charge is 2.23. The third-order valence-corrected chi connectivity index (χ3v) is 3.34. The zero-order chi connectivity index (χ0) is 13.0. The molecular weight excluding hydrogens is 228 g/mol. The number of nitrogens with zero attached hydrogens (tertiary/aromatic N) is 1. The van der Waals surface area contributed by atoms with E-state index in [-0.39, 0.29) is 18.6 Å². The maximum atomic E-state index is 11.0. The summed E-state index contributed by atoms with van der Waals surface area (Å²) < 4.78 is 0. The Labute approximate surface area is 108 Å². The molecule has 0 bridgehead atoms. The number of carbonyl (C=O) groups is 1. The van der Waals surface area contributed by atoms with E-state index in [9.17, 15) is 9.90 Å². The van der Waals surface area contributed by atoms with Crippen LogP contribution in [-0.2, 0) is 11.3 Å². The van der Waals surface area contributed by atoms with Gasteiger partial charge < -0.3 is 10.4 Å². The molecule has 0 radical (unpaired) electrons. The minimum absolute atomic E-state index is 0.0541. The summed E-state index contributed by atoms with van der Waals surface area (Å²) in [6.45, 7) is 3.61. The Bertz CT molecular complexity index is 420. The maximum absolute atomic E-state index is 11.0. The summed E-state index contributed by atoms with van der Waals surface area (Å²) in [6, 6.07) is 8.17. The molecule has 1 aromatic rings. The van der Waals surface area contributed by atoms with Crippen LogP contribution in [0.2, 0.25) is 0 Å². The van der Waals surface area contributed by atoms with Gasteiger partial charge in [-0.3, -0.25) is 9.69 Å². The lowest BCUT2D eigenvalue weighted by Gasteiger charge is -2.22. The molecule has 1 fully saturated rings. The van der Waals surface area contributed by atoms with Gasteiger partial charge in [-0.2, -0.15) is 0 Å². The van der Waals surface area contributed by atoms with Crippen molar-refractivity contribution in [3.05, 3.63) is 29.8 Å². The fourth-order valence-corrected chi connectivity index (χ4v) is 2.50. The standard InChI is InChI=1S/C14H20N2O2/c1-11(18)15-13-5-2-4-12(8-13)9-16-7-3-6-14(16)10-17/h2,4-5,8,14,17H,3,6-7,9-10H2,1H3,(H,15,18)/t14-/m1/s1. The molecule has 1 heterocycles. The molecule has 0 unspecified atom stereocenters. The summed E-state index contributed by atoms with van der Waals surface area (Å²) >= 11 is 0. The number of amides is 1. The van der Waals surface area contributed by atoms with Gasteiger partial charge in [0.1, 0.15) is 0 Å². The zero-order valence-electron chi connectivity index (χ0n) is 10.7. The van der Waals surface area contributed by atoms with Crippen LogP contribution in [0, 0.1) is 0 Å². The minimum Gasteiger partial charge on any atom is -0.395 e. The third-order valence-electron chi connectivity index (χ3n) is 3.34. The fraction of sp³-hybridized carbons (Fsp3) is 0.500. The van der Waals surface area contributed by atoms with E-state index in [0.717, 1.165) is 31.6 Å². The average Bonchev–Trinajstić information content (AvgIpc) is 2.76. The van der Waals surface area contributed by atoms with Crippen LogP contribution in [0.3, 0.4) is 0 Å². The van der Waals surface area contributed by atoms with Crippen molar-refractivity contribution >= 4 is 11.6 Å². The van der Waals surface area contributed by atoms with E-state index in [4.69, 9.17) is 0 Å². The zero-order valence-corrected chi connectivity index (χ0v) is 10.7. The molecule has 2 N–H and O–H groups in total. The summed E-state index contributed by atoms with van der Waals surface area (Å²) in [4.78, 5) is 13.3. The molecule has 0 spiro atoms. The van der Waals surface area contributed by atoms with Gasteiger partial charge in [0.2, 0.25) is 5.91 Å². The van der Waals surface area contributed by atoms with Crippen molar-refractivity contribution in [3.63, 3.8) is 0 Å². The van der Waals surface area contributed by atoms with E-state index in [1.165, 1.54) is 12.5 Å². The lowest BCUT2D eigenvalue weighted by atomic mass is 10.1. The predicted octanol–water partition coefficient (Wildman–Crippen LogP) is 1.60. The van der Waals surface area contributed by atoms with Crippen LogP contribution in [-0.4, -0.2) is 35.1 Å². The molecule has 1 aromatic carbocycles. The first kappa shape index (κ1) is 13.1. The van der Waals surface area contributed by atoms with Gasteiger partial charge in [-0.1, -0.05) is 12.1 Å². The quantitative estimate of drug-likeness (QED) is 0.851. The summed E-state index contributed by atoms with van der Waals surface area (Å²) in [5.74, 6) is -0.0541. The molecular formula is C14H20N2O2. The molecule has 0 aromatic heterocycles. The maximum Gasteiger partial charge on any atom is 0.221 e. The van der Waals surface area contributed by atoms with E-state index in [2.05, 4.69) is 16.3 Å². The first-order valence-electron chi connectivity index (χ1n) is 6.40. The number of hydrogen-bond acceptors (Lipinski definition) is 3. The second-order valence-electron chi connectivity index (χ2n) is 4.83. The second kappa shape index (κ2) is 5.98. The molecule has 1 aliphatic rings. The molecule has 1 amide bonds. The molecule has 1 saturated heterocycles. The number of anilines is 1. The van der Waals surface area contributed by atoms with Crippen molar-refractivity contribution in [1.82, 2.24) is 4.90 Å². The number of likely N-dealkylation sites (tertiary alicyclic amines) is 1. The van der Waals surface area contributed by atoms with Crippen LogP contribution in [0.25, 0.3) is 0 Å². The predicted molar refractivity (Wildman–Crippen MR) is 71.3 cm³/mol. The van der Waals surface area contributed by atoms with E-state index in [0.29, 0.717) is 0 Å². The number of benzene rings is 1. The lowest BCUT2D eigenvalue weighted by molar-refractivity contribution is -0.114. The largest absolute Gasteiger partial charge is 0.395 e. The molecule has 4 heteroatoms. The van der Waals surface area contributed by atoms with Gasteiger partial charge in [0.05, 0.1) is 6.61 Å². The van der Waals surface area contributed by atoms with Gasteiger partial charge in [0, 0.05) is 25.2 Å². The van der Waals surface area contributed by atoms with Crippen LogP contribution >= 0.6 is 0 Å². The van der Waals surface area contributed by atoms with Crippen LogP contribution < -0.4 is 5.32 Å². The van der Waals surface area contributed by atoms with Crippen molar-refractivity contribution in [2.24, 2.45) is 0 Å². The molecule has 18 heavy (non-hydrogen) atoms. The Morgan fingerprint density at radius 2 is 2.39 bits per heavy atom. The van der Waals surface area contributed by atoms with Crippen molar-refractivity contribution < 1.29 is 9.90 Å². The number of nitrogens with one attached hydrogen (secondary N) is 1. The number of hydrogen-bond donors (Lipinski definition) is 2. The Kier molecular flexibility index (Phi) is 4.33. The number of carbonyl (C=O) groups excluding carboxylic acids is 1. The highest BCUT2D eigenvalue weighted by Crippen LogP contribution is 2.20. The van der Waals surface area contributed by atoms with E-state index < -0.39 is 0 Å². The minimum atomic E-state index is -0.0541. The van der Waals surface area contributed by atoms with Crippen molar-refractivity contribution in [3.8, 4) is 0 Å². The average molecular weight is 248 g/mol. The highest BCUT2D eigenvalue weighted by molar-refractivity contribution is 5.88. The Hall–Kier alpha value is -1.39. The number of rotatable bonds is 4. The van der Waals surface area contributed by atoms with Gasteiger partial charge >= 0.3 is 0 Å². The summed E-state index contributed by atoms with van der Waals surface area (Å²) in [5, 5.41) is 12.1. The van der Waals surface area contributed by atoms with Gasteiger partial charge in [-0.05, 0) is 37.1 Å². The molecule has 0 aliphatic carbocycles. The summed E-state index contributed by atoms with van der Waals surface area (Å²) in [5.41, 5.74) is 2.00. The van der Waals surface area contributed by atoms with Crippen LogP contribution in [0.1, 0.15) is 25.3 Å². The van der Waals surface area contributed by atoms with Crippen molar-refractivity contribution in [2.75, 3.05) is 18.5 Å². The highest BCUT2D eigenvalue weighted by atomic mass is 16.3. The van der Waals surface area contributed by atoms with E-state index in [1.807, 2.05) is 18.2 Å². The first-order chi connectivity index (χ1) is 8.69. The fourth-order valence-electron chi connectivity index (χ4n) is 2.50. The monoisotopic (exact) mass is 248 g/mol. The van der Waals surface area contributed by atoms with Crippen LogP contribution in [0.15, 0.2) is 24.3 Å². The topological polar surface area (TPSA) is 52.6 Å². The third kappa shape index (κ3) is 3.31. The van der Waals surface area contributed by atoms with Gasteiger partial charge in [-0.15, -0.1) is 0 Å². The molecule has 98 valence electrons. The van der Waals surface area contributed by atoms with Crippen LogP contribution in [0.4, 0.5) is 5.69 Å². The molecule has 0 saturated carbocycles. The van der Waals surface area contributed by atoms with Crippen LogP contribution in [0.5, 0.6) is 0 Å². The van der Waals surface area contributed by atoms with Gasteiger partial charge in [-0.25, -0.2) is 0 Å². The summed E-state index contributed by atoms with van der Waals surface area (Å²) in [6.07, 6.45) is 2.22. The number of aliphatic hydroxyl groups is 1. The smallest absolute Gasteiger partial charge is 0.221 e. The number of aliphatic hydroxyl groups excluding tert-OH is 1. The summed E-state index contributed by atoms with van der Waals surface area (Å²) in [7, 11) is 0. The van der Waals surface area contributed by atoms with Crippen molar-refractivity contribution in [2.45, 2.75) is 32.4 Å². The van der Waals surface area contributed by atoms with E-state index in [1.54, 1.807) is 0 Å². The Morgan fingerprint density at radius 1 is 1.56 bits per heavy atom. The molecule has 1 aliphatic heterocycles. The molecule has 2 rings (SSSR count).